The Morgan fingerprint density at radius 2 is 1.85 bits per heavy atom. The van der Waals surface area contributed by atoms with Gasteiger partial charge in [-0.1, -0.05) is 58.9 Å². The number of carboxylic acids is 1. The lowest BCUT2D eigenvalue weighted by Crippen LogP contribution is -2.41. The summed E-state index contributed by atoms with van der Waals surface area (Å²) in [6.07, 6.45) is 9.71. The minimum atomic E-state index is -1.93. The standard InChI is InChI=1S/C35H47NO4Si/c1-24(2)20-29-22-25(14-17-31(29)34(37)38)26-15-18-32-27(21-26)13-16-30(39-32)11-8-12-33(28-10-9-19-36-23-28)40-41(6,7)35(3,4)5/h9-10,14-15,17-19,21-24,30,33H,8,11-13,16,20H2,1-7H3,(H,37,38)/t30-,33-/m0/s1. The summed E-state index contributed by atoms with van der Waals surface area (Å²) in [5, 5.41) is 9.78. The summed E-state index contributed by atoms with van der Waals surface area (Å²) in [5.74, 6) is 0.488. The lowest BCUT2D eigenvalue weighted by atomic mass is 9.91. The second-order valence-corrected chi connectivity index (χ2v) is 18.2. The molecular formula is C35H47NO4Si. The zero-order chi connectivity index (χ0) is 29.8. The first-order valence-corrected chi connectivity index (χ1v) is 18.0. The molecule has 0 bridgehead atoms. The Morgan fingerprint density at radius 1 is 1.12 bits per heavy atom. The molecule has 1 aromatic heterocycles. The second kappa shape index (κ2) is 12.9. The van der Waals surface area contributed by atoms with Crippen LogP contribution in [0.3, 0.4) is 0 Å². The molecule has 41 heavy (non-hydrogen) atoms. The topological polar surface area (TPSA) is 68.7 Å². The molecule has 0 spiro atoms. The Labute approximate surface area is 247 Å². The van der Waals surface area contributed by atoms with Crippen molar-refractivity contribution >= 4 is 14.3 Å². The molecule has 0 aliphatic carbocycles. The van der Waals surface area contributed by atoms with Crippen LogP contribution in [0, 0.1) is 5.92 Å². The quantitative estimate of drug-likeness (QED) is 0.232. The Balaban J connectivity index is 1.41. The van der Waals surface area contributed by atoms with Crippen LogP contribution in [0.15, 0.2) is 60.9 Å². The summed E-state index contributed by atoms with van der Waals surface area (Å²) in [5.41, 5.74) is 5.83. The van der Waals surface area contributed by atoms with Gasteiger partial charge in [-0.15, -0.1) is 0 Å². The maximum absolute atomic E-state index is 11.7. The number of aromatic carboxylic acids is 1. The van der Waals surface area contributed by atoms with E-state index < -0.39 is 14.3 Å². The average Bonchev–Trinajstić information content (AvgIpc) is 2.91. The molecule has 220 valence electrons. The van der Waals surface area contributed by atoms with E-state index >= 15 is 0 Å². The van der Waals surface area contributed by atoms with E-state index in [0.29, 0.717) is 11.5 Å². The van der Waals surface area contributed by atoms with Gasteiger partial charge in [-0.25, -0.2) is 4.79 Å². The minimum absolute atomic E-state index is 0.0520. The summed E-state index contributed by atoms with van der Waals surface area (Å²) in [6, 6.07) is 16.2. The molecule has 1 aliphatic rings. The lowest BCUT2D eigenvalue weighted by molar-refractivity contribution is 0.0695. The number of carboxylic acid groups (broad SMARTS) is 1. The van der Waals surface area contributed by atoms with Crippen LogP contribution in [0.4, 0.5) is 0 Å². The van der Waals surface area contributed by atoms with Gasteiger partial charge in [0.05, 0.1) is 17.8 Å². The number of rotatable bonds is 11. The molecule has 4 rings (SSSR count). The van der Waals surface area contributed by atoms with E-state index in [1.54, 1.807) is 6.07 Å². The molecule has 3 aromatic rings. The SMILES string of the molecule is CC(C)Cc1cc(-c2ccc3c(c2)CC[C@H](CCC[C@H](O[Si](C)(C)C(C)(C)C)c2cccnc2)O3)ccc1C(=O)O. The van der Waals surface area contributed by atoms with E-state index in [0.717, 1.165) is 66.5 Å². The molecule has 0 unspecified atom stereocenters. The number of nitrogens with zero attached hydrogens (tertiary/aromatic N) is 1. The van der Waals surface area contributed by atoms with Crippen molar-refractivity contribution in [1.29, 1.82) is 0 Å². The van der Waals surface area contributed by atoms with Gasteiger partial charge >= 0.3 is 5.97 Å². The molecular weight excluding hydrogens is 526 g/mol. The fourth-order valence-electron chi connectivity index (χ4n) is 5.34. The number of aryl methyl sites for hydroxylation is 1. The maximum Gasteiger partial charge on any atom is 0.335 e. The summed E-state index contributed by atoms with van der Waals surface area (Å²) >= 11 is 0. The highest BCUT2D eigenvalue weighted by Crippen LogP contribution is 2.41. The van der Waals surface area contributed by atoms with Gasteiger partial charge < -0.3 is 14.3 Å². The average molecular weight is 574 g/mol. The van der Waals surface area contributed by atoms with E-state index in [2.05, 4.69) is 77.0 Å². The molecule has 2 heterocycles. The third-order valence-corrected chi connectivity index (χ3v) is 13.2. The van der Waals surface area contributed by atoms with Crippen molar-refractivity contribution < 1.29 is 19.1 Å². The molecule has 1 aliphatic heterocycles. The van der Waals surface area contributed by atoms with Crippen LogP contribution in [-0.2, 0) is 17.3 Å². The molecule has 0 fully saturated rings. The van der Waals surface area contributed by atoms with Crippen molar-refractivity contribution in [3.05, 3.63) is 83.2 Å². The van der Waals surface area contributed by atoms with Gasteiger partial charge in [0.1, 0.15) is 5.75 Å². The van der Waals surface area contributed by atoms with E-state index in [9.17, 15) is 9.90 Å². The Morgan fingerprint density at radius 3 is 2.51 bits per heavy atom. The number of hydrogen-bond donors (Lipinski definition) is 1. The first-order valence-electron chi connectivity index (χ1n) is 15.1. The molecule has 0 amide bonds. The normalized spacial score (nSPS) is 16.2. The van der Waals surface area contributed by atoms with E-state index in [1.165, 1.54) is 5.56 Å². The molecule has 0 saturated carbocycles. The molecule has 1 N–H and O–H groups in total. The van der Waals surface area contributed by atoms with Crippen molar-refractivity contribution in [3.63, 3.8) is 0 Å². The van der Waals surface area contributed by atoms with Crippen LogP contribution in [0.1, 0.15) is 93.5 Å². The van der Waals surface area contributed by atoms with Crippen LogP contribution in [0.2, 0.25) is 18.1 Å². The van der Waals surface area contributed by atoms with Crippen LogP contribution in [-0.4, -0.2) is 30.5 Å². The summed E-state index contributed by atoms with van der Waals surface area (Å²) < 4.78 is 13.3. The van der Waals surface area contributed by atoms with Crippen LogP contribution in [0.25, 0.3) is 11.1 Å². The first kappa shape index (κ1) is 31.0. The molecule has 6 heteroatoms. The van der Waals surface area contributed by atoms with Gasteiger partial charge in [0.2, 0.25) is 0 Å². The highest BCUT2D eigenvalue weighted by Gasteiger charge is 2.39. The number of ether oxygens (including phenoxy) is 1. The van der Waals surface area contributed by atoms with Crippen molar-refractivity contribution in [2.45, 2.75) is 103 Å². The fourth-order valence-corrected chi connectivity index (χ4v) is 6.66. The third-order valence-electron chi connectivity index (χ3n) is 8.68. The zero-order valence-electron chi connectivity index (χ0n) is 25.9. The molecule has 0 radical (unpaired) electrons. The maximum atomic E-state index is 11.7. The number of fused-ring (bicyclic) bond motifs is 1. The number of hydrogen-bond acceptors (Lipinski definition) is 4. The van der Waals surface area contributed by atoms with Crippen LogP contribution >= 0.6 is 0 Å². The fraction of sp³-hybridized carbons (Fsp3) is 0.486. The van der Waals surface area contributed by atoms with Crippen molar-refractivity contribution in [3.8, 4) is 16.9 Å². The smallest absolute Gasteiger partial charge is 0.335 e. The van der Waals surface area contributed by atoms with Gasteiger partial charge in [-0.05, 0) is 115 Å². The predicted molar refractivity (Wildman–Crippen MR) is 169 cm³/mol. The Bertz CT molecular complexity index is 1330. The van der Waals surface area contributed by atoms with E-state index in [1.807, 2.05) is 30.6 Å². The third kappa shape index (κ3) is 7.86. The van der Waals surface area contributed by atoms with Crippen LogP contribution < -0.4 is 4.74 Å². The number of pyridine rings is 1. The summed E-state index contributed by atoms with van der Waals surface area (Å²) in [6.45, 7) is 15.7. The minimum Gasteiger partial charge on any atom is -0.490 e. The highest BCUT2D eigenvalue weighted by molar-refractivity contribution is 6.74. The Hall–Kier alpha value is -2.96. The van der Waals surface area contributed by atoms with Gasteiger partial charge in [-0.2, -0.15) is 0 Å². The highest BCUT2D eigenvalue weighted by atomic mass is 28.4. The monoisotopic (exact) mass is 573 g/mol. The number of aromatic nitrogens is 1. The second-order valence-electron chi connectivity index (χ2n) is 13.5. The molecule has 2 aromatic carbocycles. The number of benzene rings is 2. The van der Waals surface area contributed by atoms with Crippen molar-refractivity contribution in [2.75, 3.05) is 0 Å². The lowest BCUT2D eigenvalue weighted by Gasteiger charge is -2.39. The number of carbonyl (C=O) groups is 1. The van der Waals surface area contributed by atoms with Crippen LogP contribution in [0.5, 0.6) is 5.75 Å². The van der Waals surface area contributed by atoms with Gasteiger partial charge in [-0.3, -0.25) is 4.98 Å². The molecule has 0 saturated heterocycles. The summed E-state index contributed by atoms with van der Waals surface area (Å²) in [4.78, 5) is 16.1. The van der Waals surface area contributed by atoms with Crippen molar-refractivity contribution in [1.82, 2.24) is 4.98 Å². The van der Waals surface area contributed by atoms with Crippen molar-refractivity contribution in [2.24, 2.45) is 5.92 Å². The van der Waals surface area contributed by atoms with E-state index in [4.69, 9.17) is 9.16 Å². The molecule has 2 atom stereocenters. The largest absolute Gasteiger partial charge is 0.490 e. The van der Waals surface area contributed by atoms with E-state index in [-0.39, 0.29) is 17.2 Å². The zero-order valence-corrected chi connectivity index (χ0v) is 26.9. The predicted octanol–water partition coefficient (Wildman–Crippen LogP) is 9.27. The summed E-state index contributed by atoms with van der Waals surface area (Å²) in [7, 11) is -1.93. The first-order chi connectivity index (χ1) is 19.3. The van der Waals surface area contributed by atoms with Gasteiger partial charge in [0.15, 0.2) is 8.32 Å². The van der Waals surface area contributed by atoms with Gasteiger partial charge in [0.25, 0.3) is 0 Å². The van der Waals surface area contributed by atoms with Gasteiger partial charge in [0, 0.05) is 12.4 Å². The Kier molecular flexibility index (Phi) is 9.76. The molecule has 5 nitrogen and oxygen atoms in total.